The van der Waals surface area contributed by atoms with Crippen LogP contribution in [0.15, 0.2) is 0 Å². The van der Waals surface area contributed by atoms with Crippen molar-refractivity contribution in [2.45, 2.75) is 0 Å². The van der Waals surface area contributed by atoms with Gasteiger partial charge >= 0.3 is 0 Å². The van der Waals surface area contributed by atoms with Gasteiger partial charge in [0.2, 0.25) is 0 Å². The van der Waals surface area contributed by atoms with Crippen LogP contribution in [0.25, 0.3) is 0 Å². The van der Waals surface area contributed by atoms with Gasteiger partial charge in [-0.3, -0.25) is 0 Å². The molecule has 2 saturated carbocycles. The summed E-state index contributed by atoms with van der Waals surface area (Å²) in [6.45, 7) is 0. The average molecular weight is 273 g/mol. The fourth-order valence-electron chi connectivity index (χ4n) is 0.898. The van der Waals surface area contributed by atoms with Crippen LogP contribution in [-0.2, 0) is 26.2 Å². The van der Waals surface area contributed by atoms with Gasteiger partial charge in [-0.15, -0.1) is 0 Å². The van der Waals surface area contributed by atoms with E-state index in [1.165, 1.54) is 0 Å². The van der Waals surface area contributed by atoms with Gasteiger partial charge in [0, 0.05) is 26.2 Å². The third kappa shape index (κ3) is 11.2. The van der Waals surface area contributed by atoms with Crippen LogP contribution in [0.5, 0.6) is 0 Å². The van der Waals surface area contributed by atoms with Gasteiger partial charge in [0.05, 0.1) is 0 Å². The molecule has 0 nitrogen and oxygen atoms in total. The minimum absolute atomic E-state index is 0. The molecule has 2 aliphatic rings. The molecular weight excluding hydrogens is 259 g/mol. The van der Waals surface area contributed by atoms with Crippen molar-refractivity contribution in [2.24, 2.45) is 0 Å². The molecule has 0 N–H and O–H groups in total. The van der Waals surface area contributed by atoms with Gasteiger partial charge in [-0.05, 0) is 89.9 Å². The van der Waals surface area contributed by atoms with Crippen molar-refractivity contribution >= 4 is 0 Å². The van der Waals surface area contributed by atoms with Crippen molar-refractivity contribution in [3.05, 3.63) is 89.9 Å². The quantitative estimate of drug-likeness (QED) is 0.595. The fraction of sp³-hybridized carbons (Fsp3) is 0. The van der Waals surface area contributed by atoms with E-state index in [1.807, 2.05) is 89.9 Å². The van der Waals surface area contributed by atoms with E-state index in [1.54, 1.807) is 0 Å². The van der Waals surface area contributed by atoms with Crippen LogP contribution in [0.4, 0.5) is 0 Å². The second-order valence-corrected chi connectivity index (χ2v) is 2.69. The van der Waals surface area contributed by atoms with E-state index in [4.69, 9.17) is 0 Å². The molecule has 0 aromatic carbocycles. The van der Waals surface area contributed by atoms with E-state index in [2.05, 4.69) is 0 Å². The van der Waals surface area contributed by atoms with E-state index >= 15 is 0 Å². The Kier molecular flexibility index (Phi) is 13.7. The first kappa shape index (κ1) is 15.9. The largest absolute Gasteiger partial charge is 0.0312 e. The van der Waals surface area contributed by atoms with E-state index in [9.17, 15) is 0 Å². The van der Waals surface area contributed by atoms with Gasteiger partial charge < -0.3 is 0 Å². The maximum Gasteiger partial charge on any atom is 0 e. The first-order valence-electron chi connectivity index (χ1n) is 4.67. The number of rotatable bonds is 0. The molecule has 2 aliphatic carbocycles. The Labute approximate surface area is 116 Å². The minimum Gasteiger partial charge on any atom is -0.0312 e. The molecule has 0 bridgehead atoms. The molecule has 14 radical (unpaired) electrons. The maximum atomic E-state index is 2.00. The Morgan fingerprint density at radius 2 is 0.267 bits per heavy atom. The summed E-state index contributed by atoms with van der Waals surface area (Å²) in [4.78, 5) is 0. The van der Waals surface area contributed by atoms with Crippen molar-refractivity contribution in [3.63, 3.8) is 0 Å². The maximum absolute atomic E-state index is 2.00. The van der Waals surface area contributed by atoms with Crippen molar-refractivity contribution < 1.29 is 26.2 Å². The number of hydrogen-bond donors (Lipinski definition) is 0. The van der Waals surface area contributed by atoms with E-state index in [-0.39, 0.29) is 26.2 Å². The first-order valence-corrected chi connectivity index (χ1v) is 4.67. The third-order valence-corrected chi connectivity index (χ3v) is 1.56. The Hall–Kier alpha value is 0.883. The molecule has 0 atom stereocenters. The monoisotopic (exact) mass is 272 g/mol. The summed E-state index contributed by atoms with van der Waals surface area (Å²) in [6.07, 6.45) is 28.0. The van der Waals surface area contributed by atoms with Gasteiger partial charge in [0.25, 0.3) is 0 Å². The summed E-state index contributed by atoms with van der Waals surface area (Å²) < 4.78 is 0. The van der Waals surface area contributed by atoms with Crippen LogP contribution in [0.2, 0.25) is 0 Å². The molecule has 1 heteroatoms. The van der Waals surface area contributed by atoms with Crippen molar-refractivity contribution in [1.29, 1.82) is 0 Å². The van der Waals surface area contributed by atoms with Crippen LogP contribution in [-0.4, -0.2) is 0 Å². The van der Waals surface area contributed by atoms with Crippen molar-refractivity contribution in [1.82, 2.24) is 0 Å². The van der Waals surface area contributed by atoms with Gasteiger partial charge in [-0.25, -0.2) is 0 Å². The summed E-state index contributed by atoms with van der Waals surface area (Å²) in [5.41, 5.74) is 0. The van der Waals surface area contributed by atoms with E-state index in [0.717, 1.165) is 0 Å². The molecule has 2 fully saturated rings. The SMILES string of the molecule is [CH]1[CH][CH][CH][CH][CH][CH]1.[CH]1[CH][CH][CH][CH][CH][CH]1.[Zr]. The Morgan fingerprint density at radius 3 is 0.333 bits per heavy atom. The molecule has 0 aromatic rings. The van der Waals surface area contributed by atoms with Gasteiger partial charge in [-0.2, -0.15) is 0 Å². The van der Waals surface area contributed by atoms with Gasteiger partial charge in [0.1, 0.15) is 0 Å². The standard InChI is InChI=1S/2C7H7.Zr/c2*1-2-4-6-7-5-3-1;/h2*1-7H;. The molecule has 0 amide bonds. The predicted octanol–water partition coefficient (Wildman–Crippen LogP) is 2.86. The summed E-state index contributed by atoms with van der Waals surface area (Å²) in [5.74, 6) is 0. The van der Waals surface area contributed by atoms with Crippen LogP contribution in [0.3, 0.4) is 0 Å². The topological polar surface area (TPSA) is 0 Å². The van der Waals surface area contributed by atoms with Gasteiger partial charge in [-0.1, -0.05) is 0 Å². The Morgan fingerprint density at radius 1 is 0.200 bits per heavy atom. The molecule has 0 spiro atoms. The van der Waals surface area contributed by atoms with E-state index < -0.39 is 0 Å². The molecule has 0 unspecified atom stereocenters. The Bertz CT molecular complexity index is 58.6. The van der Waals surface area contributed by atoms with Crippen LogP contribution in [0.1, 0.15) is 0 Å². The summed E-state index contributed by atoms with van der Waals surface area (Å²) in [7, 11) is 0. The molecule has 74 valence electrons. The van der Waals surface area contributed by atoms with Crippen molar-refractivity contribution in [2.75, 3.05) is 0 Å². The third-order valence-electron chi connectivity index (χ3n) is 1.56. The van der Waals surface area contributed by atoms with Crippen LogP contribution >= 0.6 is 0 Å². The predicted molar refractivity (Wildman–Crippen MR) is 60.2 cm³/mol. The van der Waals surface area contributed by atoms with Crippen molar-refractivity contribution in [3.8, 4) is 0 Å². The molecule has 0 aliphatic heterocycles. The molecule has 0 heterocycles. The first-order chi connectivity index (χ1) is 7.00. The summed E-state index contributed by atoms with van der Waals surface area (Å²) >= 11 is 0. The van der Waals surface area contributed by atoms with Crippen LogP contribution in [0, 0.1) is 89.9 Å². The van der Waals surface area contributed by atoms with E-state index in [0.29, 0.717) is 0 Å². The minimum atomic E-state index is 0. The Balaban J connectivity index is 0.000000245. The number of hydrogen-bond acceptors (Lipinski definition) is 0. The molecule has 15 heavy (non-hydrogen) atoms. The van der Waals surface area contributed by atoms with Gasteiger partial charge in [0.15, 0.2) is 0 Å². The second kappa shape index (κ2) is 13.0. The smallest absolute Gasteiger partial charge is 0 e. The summed E-state index contributed by atoms with van der Waals surface area (Å²) in [6, 6.07) is 0. The zero-order valence-electron chi connectivity index (χ0n) is 8.58. The second-order valence-electron chi connectivity index (χ2n) is 2.69. The molecule has 2 rings (SSSR count). The normalized spacial score (nSPS) is 22.4. The zero-order chi connectivity index (χ0) is 9.90. The average Bonchev–Trinajstić information content (AvgIpc) is 2.68. The zero-order valence-corrected chi connectivity index (χ0v) is 11.0. The molecule has 0 aromatic heterocycles. The summed E-state index contributed by atoms with van der Waals surface area (Å²) in [5, 5.41) is 0. The fourth-order valence-corrected chi connectivity index (χ4v) is 0.898. The molecule has 0 saturated heterocycles. The van der Waals surface area contributed by atoms with Crippen LogP contribution < -0.4 is 0 Å². The molecular formula is C14H14Zr.